The number of halogens is 1. The van der Waals surface area contributed by atoms with Crippen molar-refractivity contribution in [2.75, 3.05) is 13.1 Å². The van der Waals surface area contributed by atoms with E-state index in [1.807, 2.05) is 0 Å². The van der Waals surface area contributed by atoms with E-state index in [2.05, 4.69) is 5.32 Å². The molecule has 1 heterocycles. The largest absolute Gasteiger partial charge is 0.480 e. The second-order valence-electron chi connectivity index (χ2n) is 6.47. The van der Waals surface area contributed by atoms with Crippen molar-refractivity contribution < 1.29 is 24.4 Å². The molecule has 0 saturated carbocycles. The second kappa shape index (κ2) is 9.32. The van der Waals surface area contributed by atoms with Gasteiger partial charge in [-0.25, -0.2) is 0 Å². The number of hydrogen-bond donors (Lipinski definition) is 2. The van der Waals surface area contributed by atoms with Gasteiger partial charge in [-0.1, -0.05) is 17.7 Å². The van der Waals surface area contributed by atoms with E-state index in [9.17, 15) is 24.5 Å². The third kappa shape index (κ3) is 5.53. The van der Waals surface area contributed by atoms with Crippen LogP contribution in [0.2, 0.25) is 5.02 Å². The molecule has 2 rings (SSSR count). The van der Waals surface area contributed by atoms with Crippen LogP contribution in [-0.4, -0.2) is 51.8 Å². The van der Waals surface area contributed by atoms with Crippen LogP contribution in [0.3, 0.4) is 0 Å². The number of nitrogens with one attached hydrogen (secondary N) is 1. The molecule has 1 aromatic carbocycles. The predicted octanol–water partition coefficient (Wildman–Crippen LogP) is 2.09. The fourth-order valence-corrected chi connectivity index (χ4v) is 2.99. The molecule has 1 unspecified atom stereocenters. The van der Waals surface area contributed by atoms with Crippen molar-refractivity contribution in [2.45, 2.75) is 25.8 Å². The molecule has 28 heavy (non-hydrogen) atoms. The van der Waals surface area contributed by atoms with E-state index in [1.165, 1.54) is 31.2 Å². The SMILES string of the molecule is CC(NC(=O)C1CCN(C(=O)C=Cc2ccc(Cl)c([N+](=O)[O-])c2)CC1)C(=O)O. The Balaban J connectivity index is 1.91. The van der Waals surface area contributed by atoms with Gasteiger partial charge in [0.1, 0.15) is 11.1 Å². The fraction of sp³-hybridized carbons (Fsp3) is 0.389. The van der Waals surface area contributed by atoms with E-state index in [1.54, 1.807) is 11.0 Å². The van der Waals surface area contributed by atoms with Crippen LogP contribution in [0.5, 0.6) is 0 Å². The maximum absolute atomic E-state index is 12.3. The molecule has 150 valence electrons. The average Bonchev–Trinajstić information content (AvgIpc) is 2.66. The number of carbonyl (C=O) groups excluding carboxylic acids is 2. The van der Waals surface area contributed by atoms with Crippen LogP contribution < -0.4 is 5.32 Å². The van der Waals surface area contributed by atoms with Crippen molar-refractivity contribution in [1.29, 1.82) is 0 Å². The Hall–Kier alpha value is -2.94. The number of piperidine rings is 1. The predicted molar refractivity (Wildman–Crippen MR) is 102 cm³/mol. The van der Waals surface area contributed by atoms with E-state index in [0.29, 0.717) is 31.5 Å². The summed E-state index contributed by atoms with van der Waals surface area (Å²) in [6.45, 7) is 2.12. The average molecular weight is 410 g/mol. The molecule has 2 amide bonds. The number of carboxylic acid groups (broad SMARTS) is 1. The number of rotatable bonds is 6. The summed E-state index contributed by atoms with van der Waals surface area (Å²) in [7, 11) is 0. The van der Waals surface area contributed by atoms with Gasteiger partial charge in [0.2, 0.25) is 11.8 Å². The summed E-state index contributed by atoms with van der Waals surface area (Å²) in [4.78, 5) is 47.0. The molecule has 1 atom stereocenters. The van der Waals surface area contributed by atoms with Gasteiger partial charge in [0.05, 0.1) is 4.92 Å². The number of amides is 2. The summed E-state index contributed by atoms with van der Waals surface area (Å²) in [5.41, 5.74) is 0.236. The van der Waals surface area contributed by atoms with Gasteiger partial charge in [-0.05, 0) is 37.5 Å². The highest BCUT2D eigenvalue weighted by Gasteiger charge is 2.28. The van der Waals surface area contributed by atoms with E-state index in [-0.39, 0.29) is 28.4 Å². The number of hydrogen-bond acceptors (Lipinski definition) is 5. The van der Waals surface area contributed by atoms with Gasteiger partial charge in [-0.3, -0.25) is 24.5 Å². The lowest BCUT2D eigenvalue weighted by atomic mass is 9.95. The zero-order valence-corrected chi connectivity index (χ0v) is 15.9. The molecule has 1 aliphatic rings. The van der Waals surface area contributed by atoms with Gasteiger partial charge in [0.15, 0.2) is 0 Å². The molecule has 2 N–H and O–H groups in total. The van der Waals surface area contributed by atoms with Crippen molar-refractivity contribution in [3.05, 3.63) is 45.0 Å². The lowest BCUT2D eigenvalue weighted by Crippen LogP contribution is -2.46. The van der Waals surface area contributed by atoms with Gasteiger partial charge in [0.25, 0.3) is 5.69 Å². The first kappa shape index (κ1) is 21.4. The summed E-state index contributed by atoms with van der Waals surface area (Å²) >= 11 is 5.76. The normalized spacial score (nSPS) is 16.0. The first-order valence-electron chi connectivity index (χ1n) is 8.63. The number of nitro groups is 1. The molecule has 1 aliphatic heterocycles. The maximum atomic E-state index is 12.3. The van der Waals surface area contributed by atoms with Crippen molar-refractivity contribution in [3.8, 4) is 0 Å². The van der Waals surface area contributed by atoms with Gasteiger partial charge in [0, 0.05) is 31.1 Å². The second-order valence-corrected chi connectivity index (χ2v) is 6.88. The van der Waals surface area contributed by atoms with Gasteiger partial charge in [-0.15, -0.1) is 0 Å². The fourth-order valence-electron chi connectivity index (χ4n) is 2.80. The zero-order valence-electron chi connectivity index (χ0n) is 15.1. The Labute approximate surface area is 166 Å². The quantitative estimate of drug-likeness (QED) is 0.420. The number of nitrogens with zero attached hydrogens (tertiary/aromatic N) is 2. The molecule has 1 fully saturated rings. The summed E-state index contributed by atoms with van der Waals surface area (Å²) in [5.74, 6) is -2.04. The highest BCUT2D eigenvalue weighted by Crippen LogP contribution is 2.25. The Morgan fingerprint density at radius 1 is 1.36 bits per heavy atom. The van der Waals surface area contributed by atoms with Crippen LogP contribution in [-0.2, 0) is 14.4 Å². The Kier molecular flexibility index (Phi) is 7.11. The van der Waals surface area contributed by atoms with Crippen LogP contribution in [0.4, 0.5) is 5.69 Å². The number of benzene rings is 1. The lowest BCUT2D eigenvalue weighted by Gasteiger charge is -2.31. The molecule has 1 aromatic rings. The van der Waals surface area contributed by atoms with Crippen molar-refractivity contribution in [3.63, 3.8) is 0 Å². The van der Waals surface area contributed by atoms with Crippen molar-refractivity contribution in [1.82, 2.24) is 10.2 Å². The minimum absolute atomic E-state index is 0.0195. The van der Waals surface area contributed by atoms with Crippen LogP contribution >= 0.6 is 11.6 Å². The van der Waals surface area contributed by atoms with E-state index >= 15 is 0 Å². The highest BCUT2D eigenvalue weighted by atomic mass is 35.5. The molecule has 0 radical (unpaired) electrons. The monoisotopic (exact) mass is 409 g/mol. The number of carboxylic acids is 1. The molecule has 10 heteroatoms. The number of carbonyl (C=O) groups is 3. The van der Waals surface area contributed by atoms with Crippen molar-refractivity contribution in [2.24, 2.45) is 5.92 Å². The maximum Gasteiger partial charge on any atom is 0.325 e. The molecule has 9 nitrogen and oxygen atoms in total. The highest BCUT2D eigenvalue weighted by molar-refractivity contribution is 6.32. The Bertz CT molecular complexity index is 818. The first-order valence-corrected chi connectivity index (χ1v) is 9.01. The third-order valence-electron chi connectivity index (χ3n) is 4.49. The summed E-state index contributed by atoms with van der Waals surface area (Å²) in [6, 6.07) is 3.29. The molecular formula is C18H20ClN3O6. The van der Waals surface area contributed by atoms with E-state index in [0.717, 1.165) is 0 Å². The number of likely N-dealkylation sites (tertiary alicyclic amines) is 1. The van der Waals surface area contributed by atoms with Crippen LogP contribution in [0.15, 0.2) is 24.3 Å². The molecule has 0 aromatic heterocycles. The third-order valence-corrected chi connectivity index (χ3v) is 4.81. The number of aliphatic carboxylic acids is 1. The summed E-state index contributed by atoms with van der Waals surface area (Å²) in [5, 5.41) is 22.2. The van der Waals surface area contributed by atoms with Gasteiger partial charge in [-0.2, -0.15) is 0 Å². The van der Waals surface area contributed by atoms with Crippen LogP contribution in [0.1, 0.15) is 25.3 Å². The van der Waals surface area contributed by atoms with Crippen molar-refractivity contribution >= 4 is 41.1 Å². The standard InChI is InChI=1S/C18H20ClN3O6/c1-11(18(25)26)20-17(24)13-6-8-21(9-7-13)16(23)5-3-12-2-4-14(19)15(10-12)22(27)28/h2-5,10-11,13H,6-9H2,1H3,(H,20,24)(H,25,26). The summed E-state index contributed by atoms with van der Waals surface area (Å²) < 4.78 is 0. The zero-order chi connectivity index (χ0) is 20.8. The minimum atomic E-state index is -1.10. The molecule has 1 saturated heterocycles. The first-order chi connectivity index (χ1) is 13.2. The van der Waals surface area contributed by atoms with E-state index < -0.39 is 16.9 Å². The van der Waals surface area contributed by atoms with E-state index in [4.69, 9.17) is 16.7 Å². The van der Waals surface area contributed by atoms with Crippen LogP contribution in [0.25, 0.3) is 6.08 Å². The Morgan fingerprint density at radius 2 is 2.00 bits per heavy atom. The molecule has 0 spiro atoms. The lowest BCUT2D eigenvalue weighted by molar-refractivity contribution is -0.384. The summed E-state index contributed by atoms with van der Waals surface area (Å²) in [6.07, 6.45) is 3.66. The van der Waals surface area contributed by atoms with Crippen LogP contribution in [0, 0.1) is 16.0 Å². The van der Waals surface area contributed by atoms with Gasteiger partial charge < -0.3 is 15.3 Å². The topological polar surface area (TPSA) is 130 Å². The molecular weight excluding hydrogens is 390 g/mol. The molecule has 0 bridgehead atoms. The van der Waals surface area contributed by atoms with Gasteiger partial charge >= 0.3 is 5.97 Å². The smallest absolute Gasteiger partial charge is 0.325 e. The minimum Gasteiger partial charge on any atom is -0.480 e. The number of nitro benzene ring substituents is 1. The molecule has 0 aliphatic carbocycles. The Morgan fingerprint density at radius 3 is 2.57 bits per heavy atom.